The Morgan fingerprint density at radius 1 is 1.59 bits per heavy atom. The molecule has 4 heteroatoms. The van der Waals surface area contributed by atoms with Crippen molar-refractivity contribution in [3.63, 3.8) is 0 Å². The number of aromatic hydroxyl groups is 1. The first-order valence-electron chi connectivity index (χ1n) is 5.15. The number of hydrogen-bond donors (Lipinski definition) is 1. The molecule has 1 rings (SSSR count). The van der Waals surface area contributed by atoms with Crippen LogP contribution < -0.4 is 0 Å². The van der Waals surface area contributed by atoms with Crippen LogP contribution in [0.5, 0.6) is 5.75 Å². The van der Waals surface area contributed by atoms with E-state index >= 15 is 0 Å². The van der Waals surface area contributed by atoms with Gasteiger partial charge in [0, 0.05) is 6.08 Å². The van der Waals surface area contributed by atoms with Crippen LogP contribution in [-0.4, -0.2) is 17.7 Å². The summed E-state index contributed by atoms with van der Waals surface area (Å²) >= 11 is 0. The second kappa shape index (κ2) is 6.33. The molecule has 0 aliphatic rings. The van der Waals surface area contributed by atoms with Crippen molar-refractivity contribution in [2.75, 3.05) is 6.61 Å². The highest BCUT2D eigenvalue weighted by atomic mass is 16.5. The molecule has 1 aromatic rings. The third-order valence-corrected chi connectivity index (χ3v) is 2.09. The number of nitrogens with zero attached hydrogens (tertiary/aromatic N) is 1. The molecule has 0 radical (unpaired) electrons. The monoisotopic (exact) mass is 231 g/mol. The van der Waals surface area contributed by atoms with Gasteiger partial charge in [0.05, 0.1) is 12.5 Å². The number of phenols is 1. The van der Waals surface area contributed by atoms with Crippen LogP contribution in [0, 0.1) is 18.3 Å². The molecule has 0 amide bonds. The number of nitriles is 1. The van der Waals surface area contributed by atoms with E-state index < -0.39 is 5.97 Å². The van der Waals surface area contributed by atoms with Gasteiger partial charge in [-0.2, -0.15) is 5.26 Å². The van der Waals surface area contributed by atoms with Crippen LogP contribution in [0.25, 0.3) is 6.08 Å². The Labute approximate surface area is 99.8 Å². The minimum Gasteiger partial charge on any atom is -0.508 e. The lowest BCUT2D eigenvalue weighted by Crippen LogP contribution is -2.01. The van der Waals surface area contributed by atoms with Crippen LogP contribution in [-0.2, 0) is 9.53 Å². The van der Waals surface area contributed by atoms with E-state index in [9.17, 15) is 9.90 Å². The number of benzene rings is 1. The molecule has 0 saturated heterocycles. The number of esters is 1. The Hall–Kier alpha value is -2.28. The van der Waals surface area contributed by atoms with Gasteiger partial charge in [0.15, 0.2) is 0 Å². The van der Waals surface area contributed by atoms with Gasteiger partial charge in [0.1, 0.15) is 12.4 Å². The maximum atomic E-state index is 11.2. The summed E-state index contributed by atoms with van der Waals surface area (Å²) in [7, 11) is 0. The van der Waals surface area contributed by atoms with Crippen LogP contribution in [0.3, 0.4) is 0 Å². The second-order valence-electron chi connectivity index (χ2n) is 3.45. The quantitative estimate of drug-likeness (QED) is 0.489. The van der Waals surface area contributed by atoms with Crippen molar-refractivity contribution >= 4 is 12.0 Å². The summed E-state index contributed by atoms with van der Waals surface area (Å²) in [5.41, 5.74) is 1.54. The van der Waals surface area contributed by atoms with E-state index in [-0.39, 0.29) is 18.8 Å². The molecule has 1 aromatic carbocycles. The van der Waals surface area contributed by atoms with Gasteiger partial charge in [-0.15, -0.1) is 0 Å². The Morgan fingerprint density at radius 3 is 3.00 bits per heavy atom. The first-order valence-corrected chi connectivity index (χ1v) is 5.15. The summed E-state index contributed by atoms with van der Waals surface area (Å²) in [5, 5.41) is 17.6. The van der Waals surface area contributed by atoms with Crippen LogP contribution in [0.1, 0.15) is 17.5 Å². The summed E-state index contributed by atoms with van der Waals surface area (Å²) in [6.07, 6.45) is 3.09. The van der Waals surface area contributed by atoms with Crippen molar-refractivity contribution < 1.29 is 14.6 Å². The average Bonchev–Trinajstić information content (AvgIpc) is 2.31. The number of ether oxygens (including phenoxy) is 1. The van der Waals surface area contributed by atoms with Crippen LogP contribution in [0.4, 0.5) is 0 Å². The predicted molar refractivity (Wildman–Crippen MR) is 63.1 cm³/mol. The van der Waals surface area contributed by atoms with Crippen molar-refractivity contribution in [1.82, 2.24) is 0 Å². The molecule has 0 heterocycles. The number of phenolic OH excluding ortho intramolecular Hbond substituents is 1. The van der Waals surface area contributed by atoms with Crippen LogP contribution in [0.2, 0.25) is 0 Å². The van der Waals surface area contributed by atoms with Gasteiger partial charge in [-0.25, -0.2) is 4.79 Å². The minimum absolute atomic E-state index is 0.105. The standard InChI is InChI=1S/C13H13NO3/c1-10-9-11(3-5-12(10)15)4-6-13(16)17-8-2-7-14/h3-6,9,15H,2,8H2,1H3/b6-4+. The Kier molecular flexibility index (Phi) is 4.77. The van der Waals surface area contributed by atoms with E-state index in [0.29, 0.717) is 0 Å². The highest BCUT2D eigenvalue weighted by Crippen LogP contribution is 2.17. The van der Waals surface area contributed by atoms with E-state index in [4.69, 9.17) is 10.00 Å². The molecule has 0 aliphatic carbocycles. The van der Waals surface area contributed by atoms with Crippen molar-refractivity contribution in [2.45, 2.75) is 13.3 Å². The molecule has 1 N–H and O–H groups in total. The van der Waals surface area contributed by atoms with Gasteiger partial charge >= 0.3 is 5.97 Å². The largest absolute Gasteiger partial charge is 0.508 e. The molecule has 0 aliphatic heterocycles. The molecule has 0 saturated carbocycles. The molecule has 0 fully saturated rings. The lowest BCUT2D eigenvalue weighted by atomic mass is 10.1. The lowest BCUT2D eigenvalue weighted by Gasteiger charge is -2.00. The van der Waals surface area contributed by atoms with Gasteiger partial charge in [-0.1, -0.05) is 6.07 Å². The number of hydrogen-bond acceptors (Lipinski definition) is 4. The molecule has 4 nitrogen and oxygen atoms in total. The van der Waals surface area contributed by atoms with E-state index in [0.717, 1.165) is 11.1 Å². The molecule has 17 heavy (non-hydrogen) atoms. The van der Waals surface area contributed by atoms with Gasteiger partial charge in [0.2, 0.25) is 0 Å². The minimum atomic E-state index is -0.481. The number of aryl methyl sites for hydroxylation is 1. The zero-order valence-electron chi connectivity index (χ0n) is 9.51. The fraction of sp³-hybridized carbons (Fsp3) is 0.231. The zero-order chi connectivity index (χ0) is 12.7. The lowest BCUT2D eigenvalue weighted by molar-refractivity contribution is -0.137. The highest BCUT2D eigenvalue weighted by Gasteiger charge is 1.98. The van der Waals surface area contributed by atoms with E-state index in [1.807, 2.05) is 6.07 Å². The molecular formula is C13H13NO3. The average molecular weight is 231 g/mol. The topological polar surface area (TPSA) is 70.3 Å². The summed E-state index contributed by atoms with van der Waals surface area (Å²) in [4.78, 5) is 11.2. The van der Waals surface area contributed by atoms with E-state index in [2.05, 4.69) is 0 Å². The van der Waals surface area contributed by atoms with E-state index in [1.165, 1.54) is 6.08 Å². The van der Waals surface area contributed by atoms with Crippen LogP contribution in [0.15, 0.2) is 24.3 Å². The van der Waals surface area contributed by atoms with Gasteiger partial charge < -0.3 is 9.84 Å². The predicted octanol–water partition coefficient (Wildman–Crippen LogP) is 2.17. The molecule has 0 aromatic heterocycles. The van der Waals surface area contributed by atoms with Gasteiger partial charge in [-0.3, -0.25) is 0 Å². The van der Waals surface area contributed by atoms with E-state index in [1.54, 1.807) is 31.2 Å². The zero-order valence-corrected chi connectivity index (χ0v) is 9.51. The Balaban J connectivity index is 2.55. The fourth-order valence-corrected chi connectivity index (χ4v) is 1.19. The SMILES string of the molecule is Cc1cc(/C=C/C(=O)OCCC#N)ccc1O. The van der Waals surface area contributed by atoms with Gasteiger partial charge in [-0.05, 0) is 36.3 Å². The maximum absolute atomic E-state index is 11.2. The number of rotatable bonds is 4. The maximum Gasteiger partial charge on any atom is 0.330 e. The second-order valence-corrected chi connectivity index (χ2v) is 3.45. The summed E-state index contributed by atoms with van der Waals surface area (Å²) in [5.74, 6) is -0.260. The molecule has 88 valence electrons. The molecule has 0 unspecified atom stereocenters. The summed E-state index contributed by atoms with van der Waals surface area (Å²) in [6, 6.07) is 6.90. The molecule has 0 spiro atoms. The third kappa shape index (κ3) is 4.39. The molecule has 0 bridgehead atoms. The Bertz CT molecular complexity index is 472. The normalized spacial score (nSPS) is 10.1. The summed E-state index contributed by atoms with van der Waals surface area (Å²) < 4.78 is 4.76. The smallest absolute Gasteiger partial charge is 0.330 e. The first kappa shape index (κ1) is 12.8. The number of carbonyl (C=O) groups excluding carboxylic acids is 1. The van der Waals surface area contributed by atoms with Crippen LogP contribution >= 0.6 is 0 Å². The number of carbonyl (C=O) groups is 1. The molecule has 0 atom stereocenters. The molecular weight excluding hydrogens is 218 g/mol. The third-order valence-electron chi connectivity index (χ3n) is 2.09. The van der Waals surface area contributed by atoms with Crippen molar-refractivity contribution in [2.24, 2.45) is 0 Å². The highest BCUT2D eigenvalue weighted by molar-refractivity contribution is 5.87. The first-order chi connectivity index (χ1) is 8.13. The Morgan fingerprint density at radius 2 is 2.35 bits per heavy atom. The summed E-state index contributed by atoms with van der Waals surface area (Å²) in [6.45, 7) is 1.88. The van der Waals surface area contributed by atoms with Gasteiger partial charge in [0.25, 0.3) is 0 Å². The van der Waals surface area contributed by atoms with Crippen molar-refractivity contribution in [1.29, 1.82) is 5.26 Å². The fourth-order valence-electron chi connectivity index (χ4n) is 1.19. The van der Waals surface area contributed by atoms with Crippen molar-refractivity contribution in [3.8, 4) is 11.8 Å². The van der Waals surface area contributed by atoms with Crippen molar-refractivity contribution in [3.05, 3.63) is 35.4 Å².